The lowest BCUT2D eigenvalue weighted by molar-refractivity contribution is 0.0145. The molecule has 3 aliphatic rings. The maximum atomic E-state index is 11.3. The van der Waals surface area contributed by atoms with Gasteiger partial charge in [-0.15, -0.1) is 0 Å². The number of aryl methyl sites for hydroxylation is 1. The summed E-state index contributed by atoms with van der Waals surface area (Å²) in [5, 5.41) is 13.7. The molecule has 1 aliphatic carbocycles. The van der Waals surface area contributed by atoms with Gasteiger partial charge >= 0.3 is 5.97 Å². The molecule has 1 saturated carbocycles. The number of ether oxygens (including phenoxy) is 1. The normalized spacial score (nSPS) is 23.9. The van der Waals surface area contributed by atoms with E-state index in [1.807, 2.05) is 25.1 Å². The van der Waals surface area contributed by atoms with Crippen molar-refractivity contribution < 1.29 is 19.2 Å². The first-order valence-electron chi connectivity index (χ1n) is 12.2. The highest BCUT2D eigenvalue weighted by Gasteiger charge is 2.42. The second-order valence-corrected chi connectivity index (χ2v) is 9.88. The molecule has 2 aliphatic heterocycles. The zero-order valence-electron chi connectivity index (χ0n) is 19.3. The van der Waals surface area contributed by atoms with Crippen molar-refractivity contribution in [1.29, 1.82) is 0 Å². The monoisotopic (exact) mass is 459 g/mol. The summed E-state index contributed by atoms with van der Waals surface area (Å²) >= 11 is 0. The SMILES string of the molecule is Cc1cc(C(=O)O)cnc1N1C2CC[C@H]1CC(OCc1c(-c3ccccc3)noc1C1CC1)C2. The summed E-state index contributed by atoms with van der Waals surface area (Å²) in [6.45, 7) is 2.47. The Morgan fingerprint density at radius 1 is 1.15 bits per heavy atom. The van der Waals surface area contributed by atoms with Crippen molar-refractivity contribution in [3.05, 3.63) is 65.0 Å². The smallest absolute Gasteiger partial charge is 0.337 e. The lowest BCUT2D eigenvalue weighted by Crippen LogP contribution is -2.46. The van der Waals surface area contributed by atoms with Crippen molar-refractivity contribution in [1.82, 2.24) is 10.1 Å². The summed E-state index contributed by atoms with van der Waals surface area (Å²) in [6.07, 6.45) is 8.09. The van der Waals surface area contributed by atoms with E-state index in [1.165, 1.54) is 6.20 Å². The van der Waals surface area contributed by atoms with E-state index in [0.29, 0.717) is 24.6 Å². The zero-order chi connectivity index (χ0) is 23.2. The molecule has 1 aromatic carbocycles. The van der Waals surface area contributed by atoms with Gasteiger partial charge in [0, 0.05) is 35.3 Å². The largest absolute Gasteiger partial charge is 0.478 e. The van der Waals surface area contributed by atoms with Crippen LogP contribution in [0.25, 0.3) is 11.3 Å². The van der Waals surface area contributed by atoms with E-state index in [9.17, 15) is 9.90 Å². The number of carbonyl (C=O) groups is 1. The molecule has 2 bridgehead atoms. The van der Waals surface area contributed by atoms with Gasteiger partial charge in [-0.25, -0.2) is 9.78 Å². The number of nitrogens with zero attached hydrogens (tertiary/aromatic N) is 3. The van der Waals surface area contributed by atoms with Crippen LogP contribution in [0, 0.1) is 6.92 Å². The Hall–Kier alpha value is -3.19. The van der Waals surface area contributed by atoms with Crippen LogP contribution in [0.5, 0.6) is 0 Å². The van der Waals surface area contributed by atoms with Gasteiger partial charge in [-0.2, -0.15) is 0 Å². The Balaban J connectivity index is 1.18. The fraction of sp³-hybridized carbons (Fsp3) is 0.444. The van der Waals surface area contributed by atoms with E-state index in [0.717, 1.165) is 72.5 Å². The van der Waals surface area contributed by atoms with Gasteiger partial charge in [-0.1, -0.05) is 35.5 Å². The minimum Gasteiger partial charge on any atom is -0.478 e. The van der Waals surface area contributed by atoms with E-state index in [-0.39, 0.29) is 11.7 Å². The van der Waals surface area contributed by atoms with Gasteiger partial charge in [0.1, 0.15) is 17.3 Å². The van der Waals surface area contributed by atoms with Crippen LogP contribution in [0.15, 0.2) is 47.1 Å². The van der Waals surface area contributed by atoms with E-state index >= 15 is 0 Å². The molecule has 7 heteroatoms. The fourth-order valence-electron chi connectivity index (χ4n) is 5.72. The Bertz CT molecular complexity index is 1190. The highest BCUT2D eigenvalue weighted by molar-refractivity contribution is 5.87. The van der Waals surface area contributed by atoms with Gasteiger partial charge < -0.3 is 19.3 Å². The number of benzene rings is 1. The summed E-state index contributed by atoms with van der Waals surface area (Å²) in [6, 6.07) is 12.7. The fourth-order valence-corrected chi connectivity index (χ4v) is 5.72. The number of hydrogen-bond acceptors (Lipinski definition) is 6. The van der Waals surface area contributed by atoms with Gasteiger partial charge in [-0.05, 0) is 57.1 Å². The van der Waals surface area contributed by atoms with Crippen molar-refractivity contribution in [2.24, 2.45) is 0 Å². The van der Waals surface area contributed by atoms with Crippen molar-refractivity contribution in [2.75, 3.05) is 4.90 Å². The van der Waals surface area contributed by atoms with Gasteiger partial charge in [0.25, 0.3) is 0 Å². The van der Waals surface area contributed by atoms with Crippen LogP contribution in [0.4, 0.5) is 5.82 Å². The lowest BCUT2D eigenvalue weighted by atomic mass is 9.98. The molecule has 1 N–H and O–H groups in total. The number of hydrogen-bond donors (Lipinski definition) is 1. The predicted molar refractivity (Wildman–Crippen MR) is 127 cm³/mol. The minimum atomic E-state index is -0.939. The van der Waals surface area contributed by atoms with Gasteiger partial charge in [0.05, 0.1) is 18.3 Å². The molecule has 176 valence electrons. The second-order valence-electron chi connectivity index (χ2n) is 9.88. The summed E-state index contributed by atoms with van der Waals surface area (Å²) in [5.41, 5.74) is 4.23. The van der Waals surface area contributed by atoms with Crippen LogP contribution < -0.4 is 4.90 Å². The second kappa shape index (κ2) is 8.55. The standard InChI is InChI=1S/C27H29N3O4/c1-16-11-19(27(31)32)14-28-26(16)30-20-9-10-21(30)13-22(12-20)33-15-23-24(17-5-3-2-4-6-17)29-34-25(23)18-7-8-18/h2-6,11,14,18,20-22H,7-10,12-13,15H2,1H3,(H,31,32)/t20-,21?,22?/m0/s1. The quantitative estimate of drug-likeness (QED) is 0.510. The molecule has 3 atom stereocenters. The van der Waals surface area contributed by atoms with E-state index in [1.54, 1.807) is 6.07 Å². The average Bonchev–Trinajstić information content (AvgIpc) is 3.55. The van der Waals surface area contributed by atoms with Crippen molar-refractivity contribution in [3.63, 3.8) is 0 Å². The summed E-state index contributed by atoms with van der Waals surface area (Å²) in [5.74, 6) is 1.45. The van der Waals surface area contributed by atoms with Crippen molar-refractivity contribution in [2.45, 2.75) is 76.2 Å². The van der Waals surface area contributed by atoms with Crippen molar-refractivity contribution >= 4 is 11.8 Å². The Kier molecular flexibility index (Phi) is 5.37. The summed E-state index contributed by atoms with van der Waals surface area (Å²) in [7, 11) is 0. The van der Waals surface area contributed by atoms with Crippen LogP contribution in [0.1, 0.15) is 71.7 Å². The number of piperidine rings is 1. The van der Waals surface area contributed by atoms with Crippen LogP contribution in [0.3, 0.4) is 0 Å². The number of anilines is 1. The molecule has 34 heavy (non-hydrogen) atoms. The third kappa shape index (κ3) is 3.88. The Morgan fingerprint density at radius 3 is 2.53 bits per heavy atom. The first kappa shape index (κ1) is 21.4. The summed E-state index contributed by atoms with van der Waals surface area (Å²) in [4.78, 5) is 18.2. The Labute approximate surface area is 198 Å². The molecule has 0 amide bonds. The number of aromatic nitrogens is 2. The van der Waals surface area contributed by atoms with Crippen LogP contribution >= 0.6 is 0 Å². The molecule has 2 saturated heterocycles. The molecule has 6 rings (SSSR count). The maximum absolute atomic E-state index is 11.3. The number of aromatic carboxylic acids is 1. The van der Waals surface area contributed by atoms with E-state index < -0.39 is 5.97 Å². The molecule has 2 unspecified atom stereocenters. The average molecular weight is 460 g/mol. The highest BCUT2D eigenvalue weighted by Crippen LogP contribution is 2.45. The molecule has 2 aromatic heterocycles. The molecule has 3 fully saturated rings. The number of carboxylic acid groups (broad SMARTS) is 1. The van der Waals surface area contributed by atoms with Gasteiger partial charge in [0.2, 0.25) is 0 Å². The highest BCUT2D eigenvalue weighted by atomic mass is 16.5. The van der Waals surface area contributed by atoms with Crippen LogP contribution in [-0.2, 0) is 11.3 Å². The van der Waals surface area contributed by atoms with Gasteiger partial charge in [0.15, 0.2) is 0 Å². The van der Waals surface area contributed by atoms with Gasteiger partial charge in [-0.3, -0.25) is 0 Å². The third-order valence-electron chi connectivity index (χ3n) is 7.51. The molecule has 7 nitrogen and oxygen atoms in total. The number of carboxylic acids is 1. The molecular weight excluding hydrogens is 430 g/mol. The van der Waals surface area contributed by atoms with E-state index in [4.69, 9.17) is 9.26 Å². The predicted octanol–water partition coefficient (Wildman–Crippen LogP) is 5.34. The Morgan fingerprint density at radius 2 is 1.88 bits per heavy atom. The molecule has 3 aromatic rings. The minimum absolute atomic E-state index is 0.179. The molecule has 4 heterocycles. The number of rotatable bonds is 7. The third-order valence-corrected chi connectivity index (χ3v) is 7.51. The summed E-state index contributed by atoms with van der Waals surface area (Å²) < 4.78 is 12.3. The van der Waals surface area contributed by atoms with Crippen LogP contribution in [-0.4, -0.2) is 39.4 Å². The lowest BCUT2D eigenvalue weighted by Gasteiger charge is -2.40. The number of pyridine rings is 1. The molecule has 0 radical (unpaired) electrons. The van der Waals surface area contributed by atoms with E-state index in [2.05, 4.69) is 27.2 Å². The molecule has 0 spiro atoms. The number of fused-ring (bicyclic) bond motifs is 2. The topological polar surface area (TPSA) is 88.7 Å². The van der Waals surface area contributed by atoms with Crippen LogP contribution in [0.2, 0.25) is 0 Å². The van der Waals surface area contributed by atoms with Crippen molar-refractivity contribution in [3.8, 4) is 11.3 Å². The first-order valence-corrected chi connectivity index (χ1v) is 12.2. The maximum Gasteiger partial charge on any atom is 0.337 e. The first-order chi connectivity index (χ1) is 16.6. The molecular formula is C27H29N3O4. The zero-order valence-corrected chi connectivity index (χ0v) is 19.3.